The third-order valence-electron chi connectivity index (χ3n) is 3.53. The molecule has 0 amide bonds. The van der Waals surface area contributed by atoms with Crippen LogP contribution in [0.1, 0.15) is 18.4 Å². The molecule has 1 N–H and O–H groups in total. The van der Waals surface area contributed by atoms with Gasteiger partial charge in [0.2, 0.25) is 10.0 Å². The minimum absolute atomic E-state index is 0.0584. The molecule has 1 aromatic rings. The van der Waals surface area contributed by atoms with Crippen LogP contribution in [-0.4, -0.2) is 44.1 Å². The first-order valence-corrected chi connectivity index (χ1v) is 7.85. The van der Waals surface area contributed by atoms with E-state index in [-0.39, 0.29) is 17.6 Å². The Morgan fingerprint density at radius 2 is 2.05 bits per heavy atom. The van der Waals surface area contributed by atoms with E-state index in [1.54, 1.807) is 7.11 Å². The number of nitrogens with zero attached hydrogens (tertiary/aromatic N) is 1. The molecule has 7 heteroatoms. The predicted molar refractivity (Wildman–Crippen MR) is 71.1 cm³/mol. The van der Waals surface area contributed by atoms with Crippen molar-refractivity contribution in [1.82, 2.24) is 4.31 Å². The smallest absolute Gasteiger partial charge is 0.245 e. The Balaban J connectivity index is 2.23. The van der Waals surface area contributed by atoms with E-state index < -0.39 is 15.8 Å². The van der Waals surface area contributed by atoms with Crippen LogP contribution in [-0.2, 0) is 21.4 Å². The maximum absolute atomic E-state index is 13.9. The standard InChI is InChI=1S/C13H18FNO4S/c1-19-11-4-6-15(7-5-11)20(17,18)13-3-2-10(9-16)8-12(13)14/h2-3,8,11,16H,4-7,9H2,1H3. The summed E-state index contributed by atoms with van der Waals surface area (Å²) in [7, 11) is -2.23. The number of aliphatic hydroxyl groups excluding tert-OH is 1. The molecule has 0 bridgehead atoms. The number of piperidine rings is 1. The zero-order chi connectivity index (χ0) is 14.8. The molecular weight excluding hydrogens is 285 g/mol. The van der Waals surface area contributed by atoms with E-state index in [1.807, 2.05) is 0 Å². The van der Waals surface area contributed by atoms with Gasteiger partial charge in [-0.25, -0.2) is 12.8 Å². The first-order chi connectivity index (χ1) is 9.48. The lowest BCUT2D eigenvalue weighted by atomic mass is 10.1. The number of hydrogen-bond acceptors (Lipinski definition) is 4. The molecule has 0 unspecified atom stereocenters. The molecule has 20 heavy (non-hydrogen) atoms. The molecule has 1 heterocycles. The number of halogens is 1. The Hall–Kier alpha value is -1.02. The van der Waals surface area contributed by atoms with Gasteiger partial charge >= 0.3 is 0 Å². The summed E-state index contributed by atoms with van der Waals surface area (Å²) >= 11 is 0. The molecule has 2 rings (SSSR count). The quantitative estimate of drug-likeness (QED) is 0.905. The van der Waals surface area contributed by atoms with Crippen LogP contribution in [0.5, 0.6) is 0 Å². The highest BCUT2D eigenvalue weighted by atomic mass is 32.2. The lowest BCUT2D eigenvalue weighted by Gasteiger charge is -2.30. The van der Waals surface area contributed by atoms with Gasteiger partial charge in [-0.1, -0.05) is 6.07 Å². The van der Waals surface area contributed by atoms with Crippen molar-refractivity contribution in [3.05, 3.63) is 29.6 Å². The second kappa shape index (κ2) is 6.17. The number of rotatable bonds is 4. The fraction of sp³-hybridized carbons (Fsp3) is 0.538. The number of ether oxygens (including phenoxy) is 1. The molecular formula is C13H18FNO4S. The number of aliphatic hydroxyl groups is 1. The van der Waals surface area contributed by atoms with Gasteiger partial charge in [-0.2, -0.15) is 4.31 Å². The van der Waals surface area contributed by atoms with E-state index in [9.17, 15) is 12.8 Å². The van der Waals surface area contributed by atoms with Crippen LogP contribution in [0.2, 0.25) is 0 Å². The van der Waals surface area contributed by atoms with Gasteiger partial charge in [0.25, 0.3) is 0 Å². The largest absolute Gasteiger partial charge is 0.392 e. The van der Waals surface area contributed by atoms with Crippen molar-refractivity contribution in [1.29, 1.82) is 0 Å². The van der Waals surface area contributed by atoms with E-state index in [1.165, 1.54) is 16.4 Å². The summed E-state index contributed by atoms with van der Waals surface area (Å²) in [5.41, 5.74) is 0.347. The Morgan fingerprint density at radius 3 is 2.55 bits per heavy atom. The molecule has 112 valence electrons. The fourth-order valence-corrected chi connectivity index (χ4v) is 3.81. The number of benzene rings is 1. The van der Waals surface area contributed by atoms with E-state index >= 15 is 0 Å². The van der Waals surface area contributed by atoms with Crippen LogP contribution in [0.3, 0.4) is 0 Å². The number of methoxy groups -OCH3 is 1. The van der Waals surface area contributed by atoms with E-state index in [0.717, 1.165) is 6.07 Å². The molecule has 1 aliphatic heterocycles. The average molecular weight is 303 g/mol. The second-order valence-electron chi connectivity index (χ2n) is 4.76. The normalized spacial score (nSPS) is 18.4. The summed E-state index contributed by atoms with van der Waals surface area (Å²) in [6.07, 6.45) is 1.26. The number of hydrogen-bond donors (Lipinski definition) is 1. The highest BCUT2D eigenvalue weighted by molar-refractivity contribution is 7.89. The lowest BCUT2D eigenvalue weighted by molar-refractivity contribution is 0.0604. The molecule has 0 atom stereocenters. The first kappa shape index (κ1) is 15.4. The summed E-state index contributed by atoms with van der Waals surface area (Å²) in [5, 5.41) is 8.92. The highest BCUT2D eigenvalue weighted by Gasteiger charge is 2.31. The summed E-state index contributed by atoms with van der Waals surface area (Å²) in [6.45, 7) is 0.320. The molecule has 0 spiro atoms. The summed E-state index contributed by atoms with van der Waals surface area (Å²) in [4.78, 5) is -0.342. The molecule has 0 radical (unpaired) electrons. The third-order valence-corrected chi connectivity index (χ3v) is 5.46. The molecule has 0 aromatic heterocycles. The summed E-state index contributed by atoms with van der Waals surface area (Å²) in [6, 6.07) is 3.67. The maximum atomic E-state index is 13.9. The molecule has 0 aliphatic carbocycles. The van der Waals surface area contributed by atoms with Crippen LogP contribution in [0.25, 0.3) is 0 Å². The molecule has 1 aliphatic rings. The maximum Gasteiger partial charge on any atom is 0.245 e. The average Bonchev–Trinajstić information content (AvgIpc) is 2.46. The Morgan fingerprint density at radius 1 is 1.40 bits per heavy atom. The molecule has 1 aromatic carbocycles. The monoisotopic (exact) mass is 303 g/mol. The highest BCUT2D eigenvalue weighted by Crippen LogP contribution is 2.24. The SMILES string of the molecule is COC1CCN(S(=O)(=O)c2ccc(CO)cc2F)CC1. The minimum Gasteiger partial charge on any atom is -0.392 e. The zero-order valence-corrected chi connectivity index (χ0v) is 12.1. The first-order valence-electron chi connectivity index (χ1n) is 6.41. The lowest BCUT2D eigenvalue weighted by Crippen LogP contribution is -2.40. The van der Waals surface area contributed by atoms with Gasteiger partial charge in [0.15, 0.2) is 0 Å². The summed E-state index contributed by atoms with van der Waals surface area (Å²) in [5.74, 6) is -0.828. The molecule has 5 nitrogen and oxygen atoms in total. The van der Waals surface area contributed by atoms with Gasteiger partial charge in [-0.3, -0.25) is 0 Å². The molecule has 1 saturated heterocycles. The van der Waals surface area contributed by atoms with Crippen molar-refractivity contribution in [3.63, 3.8) is 0 Å². The predicted octanol–water partition coefficient (Wildman–Crippen LogP) is 1.12. The van der Waals surface area contributed by atoms with Crippen LogP contribution in [0.15, 0.2) is 23.1 Å². The van der Waals surface area contributed by atoms with E-state index in [2.05, 4.69) is 0 Å². The van der Waals surface area contributed by atoms with Crippen molar-refractivity contribution in [3.8, 4) is 0 Å². The van der Waals surface area contributed by atoms with Crippen molar-refractivity contribution in [2.24, 2.45) is 0 Å². The van der Waals surface area contributed by atoms with Crippen LogP contribution in [0.4, 0.5) is 4.39 Å². The van der Waals surface area contributed by atoms with E-state index in [0.29, 0.717) is 31.5 Å². The van der Waals surface area contributed by atoms with Crippen molar-refractivity contribution in [2.75, 3.05) is 20.2 Å². The van der Waals surface area contributed by atoms with Gasteiger partial charge < -0.3 is 9.84 Å². The van der Waals surface area contributed by atoms with Crippen molar-refractivity contribution < 1.29 is 22.7 Å². The topological polar surface area (TPSA) is 66.8 Å². The van der Waals surface area contributed by atoms with Gasteiger partial charge in [-0.05, 0) is 30.5 Å². The van der Waals surface area contributed by atoms with Gasteiger partial charge in [0.05, 0.1) is 12.7 Å². The Bertz CT molecular complexity index is 568. The van der Waals surface area contributed by atoms with Crippen molar-refractivity contribution in [2.45, 2.75) is 30.4 Å². The van der Waals surface area contributed by atoms with E-state index in [4.69, 9.17) is 9.84 Å². The third kappa shape index (κ3) is 3.01. The molecule has 0 saturated carbocycles. The van der Waals surface area contributed by atoms with Crippen molar-refractivity contribution >= 4 is 10.0 Å². The number of sulfonamides is 1. The van der Waals surface area contributed by atoms with Gasteiger partial charge in [-0.15, -0.1) is 0 Å². The van der Waals surface area contributed by atoms with Crippen LogP contribution in [0, 0.1) is 5.82 Å². The summed E-state index contributed by atoms with van der Waals surface area (Å²) < 4.78 is 45.1. The van der Waals surface area contributed by atoms with Crippen LogP contribution < -0.4 is 0 Å². The zero-order valence-electron chi connectivity index (χ0n) is 11.3. The van der Waals surface area contributed by atoms with Gasteiger partial charge in [0.1, 0.15) is 10.7 Å². The van der Waals surface area contributed by atoms with Crippen LogP contribution >= 0.6 is 0 Å². The Kier molecular flexibility index (Phi) is 4.74. The second-order valence-corrected chi connectivity index (χ2v) is 6.67. The van der Waals surface area contributed by atoms with Gasteiger partial charge in [0, 0.05) is 20.2 Å². The fourth-order valence-electron chi connectivity index (χ4n) is 2.30. The minimum atomic E-state index is -3.83. The molecule has 1 fully saturated rings. The Labute approximate surface area is 118 Å².